The summed E-state index contributed by atoms with van der Waals surface area (Å²) < 4.78 is 10.6. The maximum Gasteiger partial charge on any atom is 0.119 e. The standard InChI is InChI=1S/C12H19NO2S/c1-14-11-3-5-12(6-4-11)15-8-10-16-9-2-7-13/h3-6H,2,7-10,13H2,1H3. The van der Waals surface area contributed by atoms with Gasteiger partial charge in [-0.05, 0) is 43.0 Å². The van der Waals surface area contributed by atoms with Crippen LogP contribution in [0.15, 0.2) is 24.3 Å². The third-order valence-corrected chi connectivity index (χ3v) is 3.08. The maximum atomic E-state index is 5.58. The van der Waals surface area contributed by atoms with E-state index in [9.17, 15) is 0 Å². The minimum atomic E-state index is 0.738. The van der Waals surface area contributed by atoms with Crippen molar-refractivity contribution in [3.63, 3.8) is 0 Å². The Kier molecular flexibility index (Phi) is 6.85. The molecule has 3 nitrogen and oxygen atoms in total. The molecule has 1 aromatic carbocycles. The van der Waals surface area contributed by atoms with Gasteiger partial charge in [-0.3, -0.25) is 0 Å². The summed E-state index contributed by atoms with van der Waals surface area (Å²) >= 11 is 1.88. The summed E-state index contributed by atoms with van der Waals surface area (Å²) in [6.45, 7) is 1.51. The first-order valence-corrected chi connectivity index (χ1v) is 6.57. The number of hydrogen-bond donors (Lipinski definition) is 1. The van der Waals surface area contributed by atoms with Crippen LogP contribution in [0.3, 0.4) is 0 Å². The molecule has 0 spiro atoms. The van der Waals surface area contributed by atoms with E-state index in [1.807, 2.05) is 36.0 Å². The van der Waals surface area contributed by atoms with Crippen molar-refractivity contribution in [1.29, 1.82) is 0 Å². The Morgan fingerprint density at radius 3 is 2.44 bits per heavy atom. The molecule has 0 radical (unpaired) electrons. The quantitative estimate of drug-likeness (QED) is 0.708. The topological polar surface area (TPSA) is 44.5 Å². The van der Waals surface area contributed by atoms with Gasteiger partial charge in [0.05, 0.1) is 13.7 Å². The molecular formula is C12H19NO2S. The second-order valence-electron chi connectivity index (χ2n) is 3.28. The lowest BCUT2D eigenvalue weighted by atomic mass is 10.3. The molecule has 16 heavy (non-hydrogen) atoms. The van der Waals surface area contributed by atoms with Crippen molar-refractivity contribution in [3.8, 4) is 11.5 Å². The van der Waals surface area contributed by atoms with E-state index in [0.29, 0.717) is 0 Å². The lowest BCUT2D eigenvalue weighted by molar-refractivity contribution is 0.342. The normalized spacial score (nSPS) is 10.1. The Bertz CT molecular complexity index is 277. The van der Waals surface area contributed by atoms with Crippen molar-refractivity contribution in [2.45, 2.75) is 6.42 Å². The summed E-state index contributed by atoms with van der Waals surface area (Å²) in [5.74, 6) is 3.86. The first-order valence-electron chi connectivity index (χ1n) is 5.41. The van der Waals surface area contributed by atoms with Crippen molar-refractivity contribution < 1.29 is 9.47 Å². The van der Waals surface area contributed by atoms with Crippen molar-refractivity contribution >= 4 is 11.8 Å². The van der Waals surface area contributed by atoms with Crippen LogP contribution < -0.4 is 15.2 Å². The van der Waals surface area contributed by atoms with Gasteiger partial charge in [0.1, 0.15) is 11.5 Å². The summed E-state index contributed by atoms with van der Waals surface area (Å²) in [7, 11) is 1.66. The Labute approximate surface area is 101 Å². The molecule has 0 fully saturated rings. The average Bonchev–Trinajstić information content (AvgIpc) is 2.34. The highest BCUT2D eigenvalue weighted by molar-refractivity contribution is 7.99. The number of ether oxygens (including phenoxy) is 2. The Hall–Kier alpha value is -0.870. The van der Waals surface area contributed by atoms with E-state index in [1.54, 1.807) is 7.11 Å². The van der Waals surface area contributed by atoms with Crippen molar-refractivity contribution in [2.24, 2.45) is 5.73 Å². The highest BCUT2D eigenvalue weighted by Crippen LogP contribution is 2.17. The van der Waals surface area contributed by atoms with Crippen LogP contribution in [0.2, 0.25) is 0 Å². The van der Waals surface area contributed by atoms with Crippen LogP contribution in [-0.4, -0.2) is 31.8 Å². The molecule has 0 heterocycles. The molecule has 1 rings (SSSR count). The molecule has 90 valence electrons. The summed E-state index contributed by atoms with van der Waals surface area (Å²) in [4.78, 5) is 0. The van der Waals surface area contributed by atoms with Crippen LogP contribution in [0, 0.1) is 0 Å². The minimum absolute atomic E-state index is 0.738. The Balaban J connectivity index is 2.12. The van der Waals surface area contributed by atoms with Crippen LogP contribution in [0.4, 0.5) is 0 Å². The molecule has 0 aromatic heterocycles. The van der Waals surface area contributed by atoms with Crippen LogP contribution >= 0.6 is 11.8 Å². The van der Waals surface area contributed by atoms with Gasteiger partial charge < -0.3 is 15.2 Å². The Morgan fingerprint density at radius 1 is 1.12 bits per heavy atom. The SMILES string of the molecule is COc1ccc(OCCSCCCN)cc1. The molecule has 0 aliphatic carbocycles. The van der Waals surface area contributed by atoms with E-state index in [0.717, 1.165) is 42.6 Å². The maximum absolute atomic E-state index is 5.58. The third-order valence-electron chi connectivity index (χ3n) is 2.05. The molecule has 4 heteroatoms. The number of rotatable bonds is 8. The lowest BCUT2D eigenvalue weighted by Gasteiger charge is -2.06. The predicted molar refractivity (Wildman–Crippen MR) is 69.5 cm³/mol. The zero-order valence-electron chi connectivity index (χ0n) is 9.65. The third kappa shape index (κ3) is 5.28. The molecule has 0 amide bonds. The fourth-order valence-corrected chi connectivity index (χ4v) is 1.95. The van der Waals surface area contributed by atoms with Gasteiger partial charge in [0, 0.05) is 5.75 Å². The molecule has 2 N–H and O–H groups in total. The van der Waals surface area contributed by atoms with Crippen LogP contribution in [-0.2, 0) is 0 Å². The van der Waals surface area contributed by atoms with E-state index < -0.39 is 0 Å². The summed E-state index contributed by atoms with van der Waals surface area (Å²) in [5, 5.41) is 0. The smallest absolute Gasteiger partial charge is 0.119 e. The van der Waals surface area contributed by atoms with Gasteiger partial charge in [-0.2, -0.15) is 11.8 Å². The van der Waals surface area contributed by atoms with Gasteiger partial charge in [-0.1, -0.05) is 0 Å². The van der Waals surface area contributed by atoms with Gasteiger partial charge in [-0.15, -0.1) is 0 Å². The molecule has 0 saturated carbocycles. The molecule has 0 bridgehead atoms. The molecule has 0 unspecified atom stereocenters. The number of hydrogen-bond acceptors (Lipinski definition) is 4. The van der Waals surface area contributed by atoms with E-state index >= 15 is 0 Å². The van der Waals surface area contributed by atoms with E-state index in [2.05, 4.69) is 0 Å². The number of thioether (sulfide) groups is 1. The fourth-order valence-electron chi connectivity index (χ4n) is 1.18. The second kappa shape index (κ2) is 8.30. The van der Waals surface area contributed by atoms with Crippen LogP contribution in [0.1, 0.15) is 6.42 Å². The minimum Gasteiger partial charge on any atom is -0.497 e. The van der Waals surface area contributed by atoms with Gasteiger partial charge in [-0.25, -0.2) is 0 Å². The van der Waals surface area contributed by atoms with Crippen molar-refractivity contribution in [1.82, 2.24) is 0 Å². The highest BCUT2D eigenvalue weighted by Gasteiger charge is 1.95. The average molecular weight is 241 g/mol. The van der Waals surface area contributed by atoms with Gasteiger partial charge in [0.25, 0.3) is 0 Å². The van der Waals surface area contributed by atoms with E-state index in [4.69, 9.17) is 15.2 Å². The number of methoxy groups -OCH3 is 1. The van der Waals surface area contributed by atoms with Gasteiger partial charge in [0.2, 0.25) is 0 Å². The van der Waals surface area contributed by atoms with Crippen molar-refractivity contribution in [3.05, 3.63) is 24.3 Å². The first kappa shape index (κ1) is 13.2. The fraction of sp³-hybridized carbons (Fsp3) is 0.500. The number of benzene rings is 1. The second-order valence-corrected chi connectivity index (χ2v) is 4.50. The van der Waals surface area contributed by atoms with Crippen LogP contribution in [0.25, 0.3) is 0 Å². The summed E-state index contributed by atoms with van der Waals surface area (Å²) in [6.07, 6.45) is 1.08. The summed E-state index contributed by atoms with van der Waals surface area (Å²) in [5.41, 5.74) is 5.41. The highest BCUT2D eigenvalue weighted by atomic mass is 32.2. The molecule has 0 aliphatic heterocycles. The van der Waals surface area contributed by atoms with E-state index in [1.165, 1.54) is 0 Å². The van der Waals surface area contributed by atoms with Gasteiger partial charge >= 0.3 is 0 Å². The zero-order valence-corrected chi connectivity index (χ0v) is 10.5. The molecule has 0 aliphatic rings. The lowest BCUT2D eigenvalue weighted by Crippen LogP contribution is -2.03. The van der Waals surface area contributed by atoms with E-state index in [-0.39, 0.29) is 0 Å². The summed E-state index contributed by atoms with van der Waals surface area (Å²) in [6, 6.07) is 7.64. The number of nitrogens with two attached hydrogens (primary N) is 1. The molecule has 0 saturated heterocycles. The van der Waals surface area contributed by atoms with Crippen molar-refractivity contribution in [2.75, 3.05) is 31.8 Å². The first-order chi connectivity index (χ1) is 7.86. The van der Waals surface area contributed by atoms with Crippen LogP contribution in [0.5, 0.6) is 11.5 Å². The largest absolute Gasteiger partial charge is 0.497 e. The molecule has 1 aromatic rings. The van der Waals surface area contributed by atoms with Gasteiger partial charge in [0.15, 0.2) is 0 Å². The Morgan fingerprint density at radius 2 is 1.81 bits per heavy atom. The monoisotopic (exact) mass is 241 g/mol. The predicted octanol–water partition coefficient (Wildman–Crippen LogP) is 2.16. The molecular weight excluding hydrogens is 222 g/mol. The zero-order chi connectivity index (χ0) is 11.6. The molecule has 0 atom stereocenters.